The van der Waals surface area contributed by atoms with Crippen LogP contribution < -0.4 is 10.1 Å². The van der Waals surface area contributed by atoms with Crippen LogP contribution in [0.15, 0.2) is 48.5 Å². The highest BCUT2D eigenvalue weighted by molar-refractivity contribution is 5.97. The highest BCUT2D eigenvalue weighted by atomic mass is 16.5. The molecule has 3 unspecified atom stereocenters. The molecule has 3 atom stereocenters. The predicted octanol–water partition coefficient (Wildman–Crippen LogP) is 4.27. The SMILES string of the molecule is COc1ccc(C2CCCN2C(=O)c2ccc(NC(=O)C3CC3C)cc2)cc1. The molecule has 0 radical (unpaired) electrons. The molecular weight excluding hydrogens is 352 g/mol. The lowest BCUT2D eigenvalue weighted by atomic mass is 10.0. The van der Waals surface area contributed by atoms with Gasteiger partial charge in [0.1, 0.15) is 5.75 Å². The Morgan fingerprint density at radius 3 is 2.36 bits per heavy atom. The van der Waals surface area contributed by atoms with Gasteiger partial charge in [0, 0.05) is 23.7 Å². The zero-order valence-electron chi connectivity index (χ0n) is 16.4. The number of anilines is 1. The smallest absolute Gasteiger partial charge is 0.254 e. The standard InChI is InChI=1S/C23H26N2O3/c1-15-14-20(15)22(26)24-18-9-5-17(6-10-18)23(27)25-13-3-4-21(25)16-7-11-19(28-2)12-8-16/h5-12,15,20-21H,3-4,13-14H2,1-2H3,(H,24,26). The summed E-state index contributed by atoms with van der Waals surface area (Å²) in [5.41, 5.74) is 2.53. The third-order valence-electron chi connectivity index (χ3n) is 5.86. The van der Waals surface area contributed by atoms with Gasteiger partial charge in [-0.1, -0.05) is 19.1 Å². The van der Waals surface area contributed by atoms with Crippen molar-refractivity contribution in [1.82, 2.24) is 4.90 Å². The number of hydrogen-bond donors (Lipinski definition) is 1. The minimum Gasteiger partial charge on any atom is -0.497 e. The molecule has 0 bridgehead atoms. The van der Waals surface area contributed by atoms with Gasteiger partial charge in [0.05, 0.1) is 13.2 Å². The van der Waals surface area contributed by atoms with Crippen LogP contribution >= 0.6 is 0 Å². The summed E-state index contributed by atoms with van der Waals surface area (Å²) in [4.78, 5) is 27.1. The van der Waals surface area contributed by atoms with Crippen LogP contribution in [0.3, 0.4) is 0 Å². The summed E-state index contributed by atoms with van der Waals surface area (Å²) in [5, 5.41) is 2.94. The Hall–Kier alpha value is -2.82. The second-order valence-electron chi connectivity index (χ2n) is 7.82. The van der Waals surface area contributed by atoms with E-state index >= 15 is 0 Å². The van der Waals surface area contributed by atoms with Gasteiger partial charge in [-0.2, -0.15) is 0 Å². The Kier molecular flexibility index (Phi) is 5.07. The van der Waals surface area contributed by atoms with Crippen molar-refractivity contribution < 1.29 is 14.3 Å². The molecule has 2 aromatic rings. The van der Waals surface area contributed by atoms with Gasteiger partial charge in [-0.05, 0) is 67.1 Å². The van der Waals surface area contributed by atoms with E-state index in [2.05, 4.69) is 12.2 Å². The fraction of sp³-hybridized carbons (Fsp3) is 0.391. The first-order chi connectivity index (χ1) is 13.6. The molecule has 2 aromatic carbocycles. The second-order valence-corrected chi connectivity index (χ2v) is 7.82. The molecule has 4 rings (SSSR count). The average Bonchev–Trinajstić information content (AvgIpc) is 3.26. The number of nitrogens with zero attached hydrogens (tertiary/aromatic N) is 1. The predicted molar refractivity (Wildman–Crippen MR) is 108 cm³/mol. The Morgan fingerprint density at radius 1 is 1.07 bits per heavy atom. The molecule has 146 valence electrons. The van der Waals surface area contributed by atoms with Crippen molar-refractivity contribution in [2.75, 3.05) is 19.0 Å². The van der Waals surface area contributed by atoms with E-state index in [0.717, 1.165) is 42.8 Å². The summed E-state index contributed by atoms with van der Waals surface area (Å²) in [6.07, 6.45) is 2.92. The van der Waals surface area contributed by atoms with Crippen LogP contribution in [0.25, 0.3) is 0 Å². The van der Waals surface area contributed by atoms with Crippen molar-refractivity contribution in [1.29, 1.82) is 0 Å². The first kappa shape index (κ1) is 18.5. The lowest BCUT2D eigenvalue weighted by Crippen LogP contribution is -2.30. The number of ether oxygens (including phenoxy) is 1. The van der Waals surface area contributed by atoms with Crippen LogP contribution in [0, 0.1) is 11.8 Å². The van der Waals surface area contributed by atoms with E-state index in [1.54, 1.807) is 19.2 Å². The third kappa shape index (κ3) is 3.75. The highest BCUT2D eigenvalue weighted by Gasteiger charge is 2.39. The zero-order chi connectivity index (χ0) is 19.7. The minimum atomic E-state index is 0.0343. The molecule has 2 amide bonds. The van der Waals surface area contributed by atoms with Gasteiger partial charge in [-0.25, -0.2) is 0 Å². The largest absolute Gasteiger partial charge is 0.497 e. The van der Waals surface area contributed by atoms with Crippen LogP contribution in [0.1, 0.15) is 48.1 Å². The number of methoxy groups -OCH3 is 1. The number of carbonyl (C=O) groups is 2. The van der Waals surface area contributed by atoms with Crippen LogP contribution in [0.4, 0.5) is 5.69 Å². The molecule has 0 spiro atoms. The van der Waals surface area contributed by atoms with Gasteiger partial charge in [0.15, 0.2) is 0 Å². The van der Waals surface area contributed by atoms with E-state index in [4.69, 9.17) is 4.74 Å². The van der Waals surface area contributed by atoms with Crippen LogP contribution in [0.5, 0.6) is 5.75 Å². The molecule has 2 fully saturated rings. The Bertz CT molecular complexity index is 860. The summed E-state index contributed by atoms with van der Waals surface area (Å²) < 4.78 is 5.23. The van der Waals surface area contributed by atoms with E-state index in [0.29, 0.717) is 11.5 Å². The highest BCUT2D eigenvalue weighted by Crippen LogP contribution is 2.38. The summed E-state index contributed by atoms with van der Waals surface area (Å²) in [6, 6.07) is 15.3. The van der Waals surface area contributed by atoms with Gasteiger partial charge in [-0.3, -0.25) is 9.59 Å². The molecule has 5 nitrogen and oxygen atoms in total. The maximum Gasteiger partial charge on any atom is 0.254 e. The van der Waals surface area contributed by atoms with Crippen LogP contribution in [-0.2, 0) is 4.79 Å². The number of hydrogen-bond acceptors (Lipinski definition) is 3. The Morgan fingerprint density at radius 2 is 1.75 bits per heavy atom. The number of amides is 2. The summed E-state index contributed by atoms with van der Waals surface area (Å²) in [7, 11) is 1.65. The maximum atomic E-state index is 13.1. The molecule has 1 aliphatic carbocycles. The molecule has 1 aliphatic heterocycles. The normalized spacial score (nSPS) is 23.4. The number of rotatable bonds is 5. The van der Waals surface area contributed by atoms with Crippen molar-refractivity contribution >= 4 is 17.5 Å². The number of carbonyl (C=O) groups excluding carboxylic acids is 2. The van der Waals surface area contributed by atoms with Gasteiger partial charge in [0.25, 0.3) is 5.91 Å². The average molecular weight is 378 g/mol. The Labute approximate surface area is 165 Å². The van der Waals surface area contributed by atoms with Crippen molar-refractivity contribution in [3.8, 4) is 5.75 Å². The monoisotopic (exact) mass is 378 g/mol. The molecule has 28 heavy (non-hydrogen) atoms. The van der Waals surface area contributed by atoms with Gasteiger partial charge < -0.3 is 15.0 Å². The van der Waals surface area contributed by atoms with Crippen LogP contribution in [-0.4, -0.2) is 30.4 Å². The summed E-state index contributed by atoms with van der Waals surface area (Å²) >= 11 is 0. The van der Waals surface area contributed by atoms with Gasteiger partial charge in [0.2, 0.25) is 5.91 Å². The quantitative estimate of drug-likeness (QED) is 0.845. The van der Waals surface area contributed by atoms with Crippen molar-refractivity contribution in [3.63, 3.8) is 0 Å². The molecular formula is C23H26N2O3. The van der Waals surface area contributed by atoms with E-state index in [1.165, 1.54) is 0 Å². The zero-order valence-corrected chi connectivity index (χ0v) is 16.4. The lowest BCUT2D eigenvalue weighted by molar-refractivity contribution is -0.117. The summed E-state index contributed by atoms with van der Waals surface area (Å²) in [5.74, 6) is 1.54. The first-order valence-corrected chi connectivity index (χ1v) is 9.92. The van der Waals surface area contributed by atoms with Crippen molar-refractivity contribution in [2.24, 2.45) is 11.8 Å². The number of nitrogens with one attached hydrogen (secondary N) is 1. The first-order valence-electron chi connectivity index (χ1n) is 9.92. The fourth-order valence-corrected chi connectivity index (χ4v) is 3.97. The van der Waals surface area contributed by atoms with E-state index in [-0.39, 0.29) is 23.8 Å². The lowest BCUT2D eigenvalue weighted by Gasteiger charge is -2.25. The molecule has 1 saturated heterocycles. The second kappa shape index (κ2) is 7.66. The van der Waals surface area contributed by atoms with E-state index < -0.39 is 0 Å². The third-order valence-corrected chi connectivity index (χ3v) is 5.86. The summed E-state index contributed by atoms with van der Waals surface area (Å²) in [6.45, 7) is 2.84. The Balaban J connectivity index is 1.44. The van der Waals surface area contributed by atoms with E-state index in [9.17, 15) is 9.59 Å². The van der Waals surface area contributed by atoms with Gasteiger partial charge in [-0.15, -0.1) is 0 Å². The van der Waals surface area contributed by atoms with Gasteiger partial charge >= 0.3 is 0 Å². The van der Waals surface area contributed by atoms with Crippen molar-refractivity contribution in [3.05, 3.63) is 59.7 Å². The fourth-order valence-electron chi connectivity index (χ4n) is 3.97. The molecule has 1 heterocycles. The molecule has 5 heteroatoms. The molecule has 1 N–H and O–H groups in total. The van der Waals surface area contributed by atoms with E-state index in [1.807, 2.05) is 41.3 Å². The van der Waals surface area contributed by atoms with Crippen molar-refractivity contribution in [2.45, 2.75) is 32.2 Å². The van der Waals surface area contributed by atoms with Crippen LogP contribution in [0.2, 0.25) is 0 Å². The minimum absolute atomic E-state index is 0.0343. The maximum absolute atomic E-state index is 13.1. The molecule has 0 aromatic heterocycles. The number of benzene rings is 2. The number of likely N-dealkylation sites (tertiary alicyclic amines) is 1. The molecule has 2 aliphatic rings. The topological polar surface area (TPSA) is 58.6 Å². The molecule has 1 saturated carbocycles.